The van der Waals surface area contributed by atoms with E-state index in [1.165, 1.54) is 5.57 Å². The van der Waals surface area contributed by atoms with Gasteiger partial charge in [-0.15, -0.1) is 35.0 Å². The van der Waals surface area contributed by atoms with Gasteiger partial charge < -0.3 is 28.5 Å². The third kappa shape index (κ3) is 11.9. The molecule has 0 saturated carbocycles. The molecule has 6 rings (SSSR count). The van der Waals surface area contributed by atoms with E-state index in [0.717, 1.165) is 47.4 Å². The van der Waals surface area contributed by atoms with Crippen molar-refractivity contribution >= 4 is 84.6 Å². The van der Waals surface area contributed by atoms with Crippen molar-refractivity contribution < 1.29 is 36.9 Å². The second-order valence-corrected chi connectivity index (χ2v) is 20.8. The molecule has 1 aromatic heterocycles. The number of nitrogens with zero attached hydrogens (tertiary/aromatic N) is 3. The van der Waals surface area contributed by atoms with Gasteiger partial charge in [0.2, 0.25) is 0 Å². The summed E-state index contributed by atoms with van der Waals surface area (Å²) in [5.74, 6) is 1.71. The summed E-state index contributed by atoms with van der Waals surface area (Å²) in [6.45, 7) is 6.37. The molecule has 3 atom stereocenters. The van der Waals surface area contributed by atoms with E-state index in [2.05, 4.69) is 31.8 Å². The summed E-state index contributed by atoms with van der Waals surface area (Å²) in [5.41, 5.74) is 3.58. The Bertz CT molecular complexity index is 2720. The second-order valence-electron chi connectivity index (χ2n) is 16.1. The van der Waals surface area contributed by atoms with Gasteiger partial charge in [-0.3, -0.25) is 0 Å². The molecular formula is C48H48Cl5N3O8S2. The molecule has 11 nitrogen and oxygen atoms in total. The van der Waals surface area contributed by atoms with E-state index >= 15 is 0 Å². The fourth-order valence-electron chi connectivity index (χ4n) is 7.81. The molecular weight excluding hydrogens is 988 g/mol. The Morgan fingerprint density at radius 3 is 1.92 bits per heavy atom. The summed E-state index contributed by atoms with van der Waals surface area (Å²) in [5, 5.41) is 22.1. The maximum absolute atomic E-state index is 12.3. The first kappa shape index (κ1) is 51.3. The van der Waals surface area contributed by atoms with Gasteiger partial charge in [-0.1, -0.05) is 72.9 Å². The van der Waals surface area contributed by atoms with Crippen LogP contribution in [0.3, 0.4) is 0 Å². The molecule has 0 spiro atoms. The summed E-state index contributed by atoms with van der Waals surface area (Å²) in [6.07, 6.45) is 5.38. The number of sulfone groups is 1. The highest BCUT2D eigenvalue weighted by Gasteiger charge is 2.42. The zero-order valence-electron chi connectivity index (χ0n) is 36.8. The van der Waals surface area contributed by atoms with Crippen LogP contribution in [0.1, 0.15) is 73.6 Å². The highest BCUT2D eigenvalue weighted by atomic mass is 35.5. The smallest absolute Gasteiger partial charge is 0.200 e. The number of hydrogen-bond donors (Lipinski definition) is 1. The molecule has 0 radical (unpaired) electrons. The Morgan fingerprint density at radius 1 is 0.833 bits per heavy atom. The van der Waals surface area contributed by atoms with Gasteiger partial charge in [-0.25, -0.2) is 18.4 Å². The molecule has 0 fully saturated rings. The van der Waals surface area contributed by atoms with E-state index in [1.54, 1.807) is 48.2 Å². The molecule has 0 bridgehead atoms. The molecule has 66 heavy (non-hydrogen) atoms. The average Bonchev–Trinajstić information content (AvgIpc) is 3.80. The van der Waals surface area contributed by atoms with Gasteiger partial charge in [0.15, 0.2) is 38.5 Å². The number of allylic oxidation sites excluding steroid dienone is 1. The van der Waals surface area contributed by atoms with Crippen molar-refractivity contribution in [1.82, 2.24) is 4.98 Å². The van der Waals surface area contributed by atoms with Gasteiger partial charge >= 0.3 is 0 Å². The van der Waals surface area contributed by atoms with Crippen molar-refractivity contribution in [1.29, 1.82) is 5.26 Å². The molecule has 3 unspecified atom stereocenters. The van der Waals surface area contributed by atoms with Crippen LogP contribution in [0.15, 0.2) is 105 Å². The number of rotatable bonds is 20. The minimum absolute atomic E-state index is 0.0449. The van der Waals surface area contributed by atoms with Gasteiger partial charge in [0.25, 0.3) is 0 Å². The van der Waals surface area contributed by atoms with Gasteiger partial charge in [0.05, 0.1) is 43.1 Å². The standard InChI is InChI=1S/C48H48Cl5N3O8S2/c1-29-6-15-43(65-4)56-41(29)25-61-36-11-7-31(8-12-36)47(2,33-18-30(23-54)44(38(51)19-33)60-17-16-49)27-48(3,34-20-39(52)45(40(53)21-34)63-24-35(57)22-50)32-9-13-37(14-10-32)62-26-42-46(55-28-64-42)66(5,58)59/h7-14,18-21,28,35,57H,6,15-17,22,24-27H2,1-5H3. The largest absolute Gasteiger partial charge is 0.489 e. The number of aliphatic imine (C=N–C) groups is 1. The molecule has 1 aliphatic rings. The first-order chi connectivity index (χ1) is 31.4. The molecule has 1 N–H and O–H groups in total. The number of halogens is 5. The first-order valence-electron chi connectivity index (χ1n) is 20.6. The molecule has 0 amide bonds. The Balaban J connectivity index is 1.47. The lowest BCUT2D eigenvalue weighted by Gasteiger charge is -2.42. The van der Waals surface area contributed by atoms with E-state index < -0.39 is 26.8 Å². The van der Waals surface area contributed by atoms with Gasteiger partial charge in [0, 0.05) is 17.1 Å². The molecule has 0 saturated heterocycles. The lowest BCUT2D eigenvalue weighted by molar-refractivity contribution is 0.125. The van der Waals surface area contributed by atoms with Crippen molar-refractivity contribution in [3.05, 3.63) is 139 Å². The maximum atomic E-state index is 12.3. The monoisotopic (exact) mass is 1030 g/mol. The van der Waals surface area contributed by atoms with Crippen LogP contribution in [0.25, 0.3) is 0 Å². The third-order valence-corrected chi connectivity index (χ3v) is 14.6. The molecule has 350 valence electrons. The van der Waals surface area contributed by atoms with E-state index in [-0.39, 0.29) is 74.5 Å². The maximum Gasteiger partial charge on any atom is 0.200 e. The lowest BCUT2D eigenvalue weighted by Crippen LogP contribution is -2.36. The van der Waals surface area contributed by atoms with Crippen LogP contribution >= 0.6 is 69.8 Å². The van der Waals surface area contributed by atoms with Crippen LogP contribution in [0.2, 0.25) is 15.1 Å². The number of benzene rings is 4. The lowest BCUT2D eigenvalue weighted by atomic mass is 9.61. The predicted molar refractivity (Wildman–Crippen MR) is 264 cm³/mol. The Labute approximate surface area is 414 Å². The van der Waals surface area contributed by atoms with Gasteiger partial charge in [-0.05, 0) is 109 Å². The van der Waals surface area contributed by atoms with Crippen LogP contribution in [0.4, 0.5) is 0 Å². The number of aliphatic hydroxyl groups is 1. The summed E-state index contributed by atoms with van der Waals surface area (Å²) < 4.78 is 53.9. The summed E-state index contributed by atoms with van der Waals surface area (Å²) in [7, 11) is -3.65. The van der Waals surface area contributed by atoms with Crippen LogP contribution < -0.4 is 18.9 Å². The van der Waals surface area contributed by atoms with Crippen LogP contribution in [0, 0.1) is 11.3 Å². The number of thioether (sulfide) groups is 1. The van der Waals surface area contributed by atoms with Crippen LogP contribution in [-0.2, 0) is 27.3 Å². The van der Waals surface area contributed by atoms with E-state index in [0.29, 0.717) is 35.7 Å². The topological polar surface area (TPSA) is 153 Å². The van der Waals surface area contributed by atoms with E-state index in [4.69, 9.17) is 86.4 Å². The molecule has 1 aliphatic heterocycles. The fraction of sp³-hybridized carbons (Fsp3) is 0.354. The normalized spacial score (nSPS) is 15.3. The van der Waals surface area contributed by atoms with Crippen molar-refractivity contribution in [2.45, 2.75) is 68.6 Å². The number of oxazole rings is 1. The number of ether oxygens (including phenoxy) is 4. The third-order valence-electron chi connectivity index (χ3n) is 11.5. The van der Waals surface area contributed by atoms with Crippen LogP contribution in [-0.4, -0.2) is 73.7 Å². The van der Waals surface area contributed by atoms with Crippen LogP contribution in [0.5, 0.6) is 23.0 Å². The van der Waals surface area contributed by atoms with Gasteiger partial charge in [0.1, 0.15) is 50.1 Å². The minimum Gasteiger partial charge on any atom is -0.489 e. The molecule has 5 aromatic rings. The highest BCUT2D eigenvalue weighted by Crippen LogP contribution is 2.51. The summed E-state index contributed by atoms with van der Waals surface area (Å²) in [4.78, 5) is 8.67. The van der Waals surface area contributed by atoms with E-state index in [1.807, 2.05) is 42.7 Å². The summed E-state index contributed by atoms with van der Waals surface area (Å²) >= 11 is 34.3. The highest BCUT2D eigenvalue weighted by molar-refractivity contribution is 8.13. The minimum atomic E-state index is -3.65. The molecule has 2 heterocycles. The Morgan fingerprint density at radius 2 is 1.39 bits per heavy atom. The zero-order valence-corrected chi connectivity index (χ0v) is 42.2. The first-order valence-corrected chi connectivity index (χ1v) is 25.9. The Kier molecular flexibility index (Phi) is 17.4. The summed E-state index contributed by atoms with van der Waals surface area (Å²) in [6, 6.07) is 24.6. The average molecular weight is 1040 g/mol. The van der Waals surface area contributed by atoms with Crippen molar-refractivity contribution in [2.24, 2.45) is 4.99 Å². The van der Waals surface area contributed by atoms with Gasteiger partial charge in [-0.2, -0.15) is 5.26 Å². The Hall–Kier alpha value is -4.10. The van der Waals surface area contributed by atoms with E-state index in [9.17, 15) is 18.8 Å². The molecule has 4 aromatic carbocycles. The predicted octanol–water partition coefficient (Wildman–Crippen LogP) is 12.0. The number of aliphatic hydroxyl groups excluding tert-OH is 1. The second kappa shape index (κ2) is 22.3. The number of alkyl halides is 2. The van der Waals surface area contributed by atoms with Crippen molar-refractivity contribution in [2.75, 3.05) is 44.1 Å². The molecule has 0 aliphatic carbocycles. The number of nitriles is 1. The van der Waals surface area contributed by atoms with Crippen molar-refractivity contribution in [3.63, 3.8) is 0 Å². The number of hydrogen-bond acceptors (Lipinski definition) is 12. The zero-order chi connectivity index (χ0) is 47.8. The van der Waals surface area contributed by atoms with Crippen molar-refractivity contribution in [3.8, 4) is 29.1 Å². The fourth-order valence-corrected chi connectivity index (χ4v) is 10.1. The SMILES string of the molecule is CSC1=NC(COc2ccc(C(C)(CC(C)(c3ccc(OCc4ocnc4S(C)(=O)=O)cc3)c3cc(Cl)c(OCC(O)CCl)c(Cl)c3)c3cc(Cl)c(OCCCl)c(C#N)c3)cc2)=C(C)CC1. The quantitative estimate of drug-likeness (QED) is 0.0741. The number of aromatic nitrogens is 1. The molecule has 18 heteroatoms.